The summed E-state index contributed by atoms with van der Waals surface area (Å²) in [6.07, 6.45) is 0. The molecule has 0 heterocycles. The standard InChI is InChI=1S/Al.Ca.Mg.Na.H4O4Si.H2O.8H/c;;;;1-5(2,3)4;;;;;;;;;/h;;;;1-4H;1H2;;;;;;;;. The summed E-state index contributed by atoms with van der Waals surface area (Å²) in [4.78, 5) is 29.3. The fraction of sp³-hybridized carbons (Fsp3) is 0. The van der Waals surface area contributed by atoms with E-state index in [2.05, 4.69) is 0 Å². The van der Waals surface area contributed by atoms with Crippen molar-refractivity contribution < 1.29 is 24.7 Å². The van der Waals surface area contributed by atoms with Crippen LogP contribution in [0, 0.1) is 0 Å². The summed E-state index contributed by atoms with van der Waals surface area (Å²) in [6, 6.07) is 0. The van der Waals surface area contributed by atoms with Gasteiger partial charge in [-0.05, 0) is 0 Å². The Balaban J connectivity index is -0.00000000800. The van der Waals surface area contributed by atoms with Crippen LogP contribution in [0.2, 0.25) is 0 Å². The second-order valence-corrected chi connectivity index (χ2v) is 1.80. The van der Waals surface area contributed by atoms with Crippen LogP contribution < -0.4 is 0 Å². The predicted molar refractivity (Wildman–Crippen MR) is 52.4 cm³/mol. The Hall–Kier alpha value is 3.58. The fourth-order valence-electron chi connectivity index (χ4n) is 0. The average molecular weight is 237 g/mol. The second-order valence-electron chi connectivity index (χ2n) is 0.600. The van der Waals surface area contributed by atoms with E-state index >= 15 is 0 Å². The van der Waals surface area contributed by atoms with E-state index in [-0.39, 0.29) is 113 Å². The Kier molecular flexibility index (Phi) is 68.7. The van der Waals surface area contributed by atoms with Crippen molar-refractivity contribution in [2.45, 2.75) is 0 Å². The summed E-state index contributed by atoms with van der Waals surface area (Å²) in [5.41, 5.74) is 0. The quantitative estimate of drug-likeness (QED) is 0.313. The van der Waals surface area contributed by atoms with Crippen LogP contribution >= 0.6 is 0 Å². The summed E-state index contributed by atoms with van der Waals surface area (Å²) < 4.78 is 0. The van der Waals surface area contributed by atoms with Gasteiger partial charge in [0.05, 0.1) is 0 Å². The Morgan fingerprint density at radius 2 is 0.900 bits per heavy atom. The van der Waals surface area contributed by atoms with Crippen molar-refractivity contribution in [1.82, 2.24) is 0 Å². The monoisotopic (exact) mass is 236 g/mol. The molecule has 0 aliphatic carbocycles. The van der Waals surface area contributed by atoms with Gasteiger partial charge in [-0.25, -0.2) is 0 Å². The van der Waals surface area contributed by atoms with Gasteiger partial charge in [0, 0.05) is 0 Å². The third kappa shape index (κ3) is 101. The Morgan fingerprint density at radius 1 is 0.900 bits per heavy atom. The zero-order valence-electron chi connectivity index (χ0n) is 2.79. The van der Waals surface area contributed by atoms with Gasteiger partial charge in [-0.2, -0.15) is 0 Å². The van der Waals surface area contributed by atoms with E-state index < -0.39 is 9.05 Å². The van der Waals surface area contributed by atoms with Crippen molar-refractivity contribution in [2.24, 2.45) is 0 Å². The second kappa shape index (κ2) is 18.4. The SMILES string of the molecule is O.O[Si](O)(O)O.[AlH3].[CaH2].[MgH2].[NaH]. The molecule has 0 aromatic carbocycles. The van der Waals surface area contributed by atoms with Gasteiger partial charge in [-0.3, -0.25) is 0 Å². The molecular formula is H14AlCaMgNaO5Si. The van der Waals surface area contributed by atoms with Crippen LogP contribution in [-0.4, -0.2) is 141 Å². The molecule has 0 aromatic heterocycles. The Morgan fingerprint density at radius 3 is 0.900 bits per heavy atom. The molecule has 10 heteroatoms. The van der Waals surface area contributed by atoms with Gasteiger partial charge >= 0.3 is 99.4 Å². The normalized spacial score (nSPS) is 6.00. The molecule has 0 saturated carbocycles. The number of rotatable bonds is 0. The average Bonchev–Trinajstić information content (AvgIpc) is 0.722. The van der Waals surface area contributed by atoms with Gasteiger partial charge in [0.1, 0.15) is 0 Å². The predicted octanol–water partition coefficient (Wildman–Crippen LogP) is -7.10. The van der Waals surface area contributed by atoms with Crippen LogP contribution in [-0.2, 0) is 0 Å². The molecule has 0 aromatic rings. The van der Waals surface area contributed by atoms with Gasteiger partial charge in [0.25, 0.3) is 0 Å². The first-order chi connectivity index (χ1) is 2.00. The molecule has 0 unspecified atom stereocenters. The topological polar surface area (TPSA) is 112 Å². The maximum atomic E-state index is 7.33. The Bertz CT molecular complexity index is 37.1. The maximum absolute atomic E-state index is 7.33. The number of hydrogen-bond acceptors (Lipinski definition) is 4. The van der Waals surface area contributed by atoms with E-state index in [1.165, 1.54) is 0 Å². The molecule has 0 radical (unpaired) electrons. The third-order valence-electron chi connectivity index (χ3n) is 0. The molecule has 0 saturated heterocycles. The first-order valence-electron chi connectivity index (χ1n) is 0.894. The van der Waals surface area contributed by atoms with Gasteiger partial charge in [-0.1, -0.05) is 0 Å². The molecule has 0 bridgehead atoms. The van der Waals surface area contributed by atoms with E-state index in [0.717, 1.165) is 0 Å². The van der Waals surface area contributed by atoms with Crippen LogP contribution in [0.25, 0.3) is 0 Å². The van der Waals surface area contributed by atoms with E-state index in [1.54, 1.807) is 0 Å². The molecule has 0 amide bonds. The van der Waals surface area contributed by atoms with Gasteiger partial charge in [0.2, 0.25) is 0 Å². The van der Waals surface area contributed by atoms with Gasteiger partial charge in [-0.15, -0.1) is 0 Å². The molecular weight excluding hydrogens is 222 g/mol. The van der Waals surface area contributed by atoms with Crippen LogP contribution in [0.1, 0.15) is 0 Å². The van der Waals surface area contributed by atoms with Crippen molar-refractivity contribution in [2.75, 3.05) is 0 Å². The van der Waals surface area contributed by atoms with E-state index in [9.17, 15) is 0 Å². The molecule has 6 N–H and O–H groups in total. The van der Waals surface area contributed by atoms with Crippen LogP contribution in [0.15, 0.2) is 0 Å². The van der Waals surface area contributed by atoms with Crippen molar-refractivity contribution in [3.8, 4) is 0 Å². The van der Waals surface area contributed by atoms with Crippen molar-refractivity contribution in [3.05, 3.63) is 0 Å². The molecule has 0 fully saturated rings. The molecule has 0 rings (SSSR count). The molecule has 10 heavy (non-hydrogen) atoms. The summed E-state index contributed by atoms with van der Waals surface area (Å²) in [5.74, 6) is 0. The van der Waals surface area contributed by atoms with E-state index in [1.807, 2.05) is 0 Å². The summed E-state index contributed by atoms with van der Waals surface area (Å²) >= 11 is 0. The molecule has 0 aliphatic rings. The zero-order valence-corrected chi connectivity index (χ0v) is 3.79. The van der Waals surface area contributed by atoms with Crippen molar-refractivity contribution in [1.29, 1.82) is 0 Å². The first kappa shape index (κ1) is 37.4. The van der Waals surface area contributed by atoms with Crippen molar-refractivity contribution in [3.63, 3.8) is 0 Å². The zero-order chi connectivity index (χ0) is 4.50. The van der Waals surface area contributed by atoms with Crippen LogP contribution in [0.4, 0.5) is 0 Å². The van der Waals surface area contributed by atoms with Crippen molar-refractivity contribution >= 4 is 117 Å². The minimum atomic E-state index is -4.61. The van der Waals surface area contributed by atoms with Gasteiger partial charge in [0.15, 0.2) is 17.4 Å². The summed E-state index contributed by atoms with van der Waals surface area (Å²) in [6.45, 7) is 0. The van der Waals surface area contributed by atoms with E-state index in [0.29, 0.717) is 0 Å². The van der Waals surface area contributed by atoms with E-state index in [4.69, 9.17) is 19.2 Å². The molecule has 0 atom stereocenters. The molecule has 0 spiro atoms. The van der Waals surface area contributed by atoms with Gasteiger partial charge < -0.3 is 24.7 Å². The molecule has 0 aliphatic heterocycles. The summed E-state index contributed by atoms with van der Waals surface area (Å²) in [5, 5.41) is 0. The fourth-order valence-corrected chi connectivity index (χ4v) is 0. The number of hydrogen-bond donors (Lipinski definition) is 4. The van der Waals surface area contributed by atoms with Crippen LogP contribution in [0.5, 0.6) is 0 Å². The summed E-state index contributed by atoms with van der Waals surface area (Å²) in [7, 11) is -4.61. The van der Waals surface area contributed by atoms with Crippen LogP contribution in [0.3, 0.4) is 0 Å². The molecule has 5 nitrogen and oxygen atoms in total. The molecule has 56 valence electrons. The third-order valence-corrected chi connectivity index (χ3v) is 0. The Labute approximate surface area is 139 Å². The first-order valence-corrected chi connectivity index (χ1v) is 2.68. The minimum absolute atomic E-state index is 0.